The Bertz CT molecular complexity index is 1020. The van der Waals surface area contributed by atoms with Crippen LogP contribution in [0, 0.1) is 0 Å². The predicted molar refractivity (Wildman–Crippen MR) is 112 cm³/mol. The largest absolute Gasteiger partial charge is 0.489 e. The van der Waals surface area contributed by atoms with Gasteiger partial charge in [-0.3, -0.25) is 10.1 Å². The minimum absolute atomic E-state index is 0.108. The van der Waals surface area contributed by atoms with Crippen molar-refractivity contribution in [2.45, 2.75) is 12.8 Å². The summed E-state index contributed by atoms with van der Waals surface area (Å²) in [5.74, 6) is 0.106. The zero-order chi connectivity index (χ0) is 21.6. The summed E-state index contributed by atoms with van der Waals surface area (Å²) in [6.07, 6.45) is -4.47. The minimum atomic E-state index is -4.47. The smallest absolute Gasteiger partial charge is 0.416 e. The molecular formula is C22H17F3N2O2S. The first-order valence-corrected chi connectivity index (χ1v) is 9.28. The Morgan fingerprint density at radius 2 is 1.63 bits per heavy atom. The zero-order valence-corrected chi connectivity index (χ0v) is 16.4. The van der Waals surface area contributed by atoms with Crippen molar-refractivity contribution in [1.29, 1.82) is 0 Å². The third kappa shape index (κ3) is 6.05. The number of hydrogen-bond donors (Lipinski definition) is 2. The van der Waals surface area contributed by atoms with Crippen molar-refractivity contribution >= 4 is 28.9 Å². The molecular weight excluding hydrogens is 413 g/mol. The molecule has 0 atom stereocenters. The number of amides is 1. The highest BCUT2D eigenvalue weighted by Crippen LogP contribution is 2.30. The summed E-state index contributed by atoms with van der Waals surface area (Å²) in [5.41, 5.74) is 0.660. The lowest BCUT2D eigenvalue weighted by atomic mass is 10.2. The van der Waals surface area contributed by atoms with Crippen molar-refractivity contribution in [3.63, 3.8) is 0 Å². The number of alkyl halides is 3. The van der Waals surface area contributed by atoms with E-state index in [9.17, 15) is 18.0 Å². The Hall–Kier alpha value is -3.39. The average molecular weight is 430 g/mol. The van der Waals surface area contributed by atoms with Crippen LogP contribution in [0.4, 0.5) is 18.9 Å². The van der Waals surface area contributed by atoms with Crippen molar-refractivity contribution in [2.24, 2.45) is 0 Å². The van der Waals surface area contributed by atoms with Crippen LogP contribution < -0.4 is 15.4 Å². The number of nitrogens with one attached hydrogen (secondary N) is 2. The molecule has 4 nitrogen and oxygen atoms in total. The molecule has 3 rings (SSSR count). The van der Waals surface area contributed by atoms with Crippen LogP contribution in [0.5, 0.6) is 5.75 Å². The Morgan fingerprint density at radius 1 is 0.933 bits per heavy atom. The second-order valence-corrected chi connectivity index (χ2v) is 6.69. The van der Waals surface area contributed by atoms with Gasteiger partial charge in [0.2, 0.25) is 0 Å². The molecule has 154 valence electrons. The molecule has 0 radical (unpaired) electrons. The molecule has 0 heterocycles. The van der Waals surface area contributed by atoms with Crippen LogP contribution in [-0.2, 0) is 12.8 Å². The highest BCUT2D eigenvalue weighted by atomic mass is 32.1. The second kappa shape index (κ2) is 9.41. The van der Waals surface area contributed by atoms with Crippen molar-refractivity contribution in [3.8, 4) is 5.75 Å². The number of thiocarbonyl (C=S) groups is 1. The molecule has 1 amide bonds. The third-order valence-electron chi connectivity index (χ3n) is 4.04. The number of carbonyl (C=O) groups excluding carboxylic acids is 1. The van der Waals surface area contributed by atoms with Crippen LogP contribution in [0.25, 0.3) is 0 Å². The molecule has 0 aliphatic heterocycles. The number of halogens is 3. The molecule has 8 heteroatoms. The van der Waals surface area contributed by atoms with Gasteiger partial charge in [0.15, 0.2) is 5.11 Å². The number of anilines is 1. The average Bonchev–Trinajstić information content (AvgIpc) is 2.73. The van der Waals surface area contributed by atoms with Gasteiger partial charge in [-0.25, -0.2) is 0 Å². The van der Waals surface area contributed by atoms with Crippen LogP contribution in [0.3, 0.4) is 0 Å². The lowest BCUT2D eigenvalue weighted by Gasteiger charge is -2.12. The third-order valence-corrected chi connectivity index (χ3v) is 4.24. The number of benzene rings is 3. The first kappa shape index (κ1) is 21.3. The van der Waals surface area contributed by atoms with E-state index in [1.807, 2.05) is 30.3 Å². The first-order chi connectivity index (χ1) is 14.3. The molecule has 0 aliphatic rings. The fourth-order valence-electron chi connectivity index (χ4n) is 2.55. The van der Waals surface area contributed by atoms with E-state index in [2.05, 4.69) is 10.6 Å². The van der Waals surface area contributed by atoms with Gasteiger partial charge in [0, 0.05) is 11.3 Å². The molecule has 0 aromatic heterocycles. The van der Waals surface area contributed by atoms with Crippen LogP contribution in [0.15, 0.2) is 78.9 Å². The number of hydrogen-bond acceptors (Lipinski definition) is 3. The normalized spacial score (nSPS) is 10.9. The Kier molecular flexibility index (Phi) is 6.68. The van der Waals surface area contributed by atoms with E-state index in [4.69, 9.17) is 17.0 Å². The molecule has 3 aromatic carbocycles. The van der Waals surface area contributed by atoms with E-state index >= 15 is 0 Å². The van der Waals surface area contributed by atoms with E-state index < -0.39 is 17.6 Å². The van der Waals surface area contributed by atoms with Crippen molar-refractivity contribution in [2.75, 3.05) is 5.32 Å². The standard InChI is InChI=1S/C22H17F3N2O2S/c23-22(24,25)17-7-4-8-18(13-17)26-21(30)27-20(28)16-9-11-19(12-10-16)29-14-15-5-2-1-3-6-15/h1-13H,14H2,(H2,26,27,28,30). The fraction of sp³-hybridized carbons (Fsp3) is 0.0909. The highest BCUT2D eigenvalue weighted by Gasteiger charge is 2.30. The van der Waals surface area contributed by atoms with E-state index in [0.29, 0.717) is 17.9 Å². The number of rotatable bonds is 5. The molecule has 30 heavy (non-hydrogen) atoms. The topological polar surface area (TPSA) is 50.4 Å². The number of ether oxygens (including phenoxy) is 1. The van der Waals surface area contributed by atoms with Gasteiger partial charge in [-0.05, 0) is 60.2 Å². The van der Waals surface area contributed by atoms with Gasteiger partial charge < -0.3 is 10.1 Å². The van der Waals surface area contributed by atoms with E-state index in [0.717, 1.165) is 17.7 Å². The monoisotopic (exact) mass is 430 g/mol. The van der Waals surface area contributed by atoms with Gasteiger partial charge >= 0.3 is 6.18 Å². The molecule has 0 fully saturated rings. The van der Waals surface area contributed by atoms with Gasteiger partial charge in [-0.15, -0.1) is 0 Å². The van der Waals surface area contributed by atoms with Gasteiger partial charge in [0.05, 0.1) is 5.56 Å². The van der Waals surface area contributed by atoms with Crippen LogP contribution in [-0.4, -0.2) is 11.0 Å². The number of carbonyl (C=O) groups is 1. The summed E-state index contributed by atoms with van der Waals surface area (Å²) < 4.78 is 44.0. The van der Waals surface area contributed by atoms with Crippen molar-refractivity contribution in [1.82, 2.24) is 5.32 Å². The summed E-state index contributed by atoms with van der Waals surface area (Å²) in [6, 6.07) is 20.6. The SMILES string of the molecule is O=C(NC(=S)Nc1cccc(C(F)(F)F)c1)c1ccc(OCc2ccccc2)cc1. The molecule has 3 aromatic rings. The fourth-order valence-corrected chi connectivity index (χ4v) is 2.76. The van der Waals surface area contributed by atoms with E-state index in [1.165, 1.54) is 12.1 Å². The predicted octanol–water partition coefficient (Wildman–Crippen LogP) is 5.41. The van der Waals surface area contributed by atoms with Crippen LogP contribution in [0.1, 0.15) is 21.5 Å². The van der Waals surface area contributed by atoms with Gasteiger partial charge in [-0.1, -0.05) is 36.4 Å². The van der Waals surface area contributed by atoms with Crippen molar-refractivity contribution < 1.29 is 22.7 Å². The molecule has 0 unspecified atom stereocenters. The Morgan fingerprint density at radius 3 is 2.30 bits per heavy atom. The van der Waals surface area contributed by atoms with Gasteiger partial charge in [0.1, 0.15) is 12.4 Å². The Balaban J connectivity index is 1.54. The summed E-state index contributed by atoms with van der Waals surface area (Å²) in [4.78, 5) is 12.3. The summed E-state index contributed by atoms with van der Waals surface area (Å²) in [7, 11) is 0. The molecule has 0 spiro atoms. The lowest BCUT2D eigenvalue weighted by molar-refractivity contribution is -0.137. The highest BCUT2D eigenvalue weighted by molar-refractivity contribution is 7.80. The quantitative estimate of drug-likeness (QED) is 0.532. The molecule has 0 saturated heterocycles. The maximum Gasteiger partial charge on any atom is 0.416 e. The lowest BCUT2D eigenvalue weighted by Crippen LogP contribution is -2.34. The van der Waals surface area contributed by atoms with E-state index in [1.54, 1.807) is 24.3 Å². The second-order valence-electron chi connectivity index (χ2n) is 6.29. The maximum atomic E-state index is 12.8. The van der Waals surface area contributed by atoms with Crippen molar-refractivity contribution in [3.05, 3.63) is 95.6 Å². The molecule has 0 aliphatic carbocycles. The molecule has 0 saturated carbocycles. The minimum Gasteiger partial charge on any atom is -0.489 e. The summed E-state index contributed by atoms with van der Waals surface area (Å²) in [6.45, 7) is 0.400. The van der Waals surface area contributed by atoms with Crippen LogP contribution >= 0.6 is 12.2 Å². The summed E-state index contributed by atoms with van der Waals surface area (Å²) in [5, 5.41) is 4.91. The summed E-state index contributed by atoms with van der Waals surface area (Å²) >= 11 is 5.02. The zero-order valence-electron chi connectivity index (χ0n) is 15.6. The van der Waals surface area contributed by atoms with Gasteiger partial charge in [0.25, 0.3) is 5.91 Å². The van der Waals surface area contributed by atoms with Crippen LogP contribution in [0.2, 0.25) is 0 Å². The van der Waals surface area contributed by atoms with E-state index in [-0.39, 0.29) is 10.8 Å². The molecule has 2 N–H and O–H groups in total. The Labute approximate surface area is 176 Å². The maximum absolute atomic E-state index is 12.8. The molecule has 0 bridgehead atoms. The first-order valence-electron chi connectivity index (χ1n) is 8.87. The van der Waals surface area contributed by atoms with Gasteiger partial charge in [-0.2, -0.15) is 13.2 Å².